The molecule has 1 unspecified atom stereocenters. The van der Waals surface area contributed by atoms with E-state index in [2.05, 4.69) is 40.7 Å². The number of nitrogens with one attached hydrogen (secondary N) is 2. The molecule has 6 heteroatoms. The molecular formula is C20H35N3O2S. The zero-order chi connectivity index (χ0) is 20.0. The van der Waals surface area contributed by atoms with Crippen molar-refractivity contribution >= 4 is 16.8 Å². The van der Waals surface area contributed by atoms with Crippen LogP contribution in [0.1, 0.15) is 52.7 Å². The molecule has 0 aromatic heterocycles. The second-order valence-corrected chi connectivity index (χ2v) is 10.7. The summed E-state index contributed by atoms with van der Waals surface area (Å²) < 4.78 is 18.0. The predicted molar refractivity (Wildman–Crippen MR) is 113 cm³/mol. The molecule has 0 amide bonds. The van der Waals surface area contributed by atoms with Crippen LogP contribution in [0.2, 0.25) is 0 Å². The lowest BCUT2D eigenvalue weighted by atomic mass is 10.1. The van der Waals surface area contributed by atoms with Crippen molar-refractivity contribution in [3.8, 4) is 5.75 Å². The third-order valence-corrected chi connectivity index (χ3v) is 5.51. The standard InChI is InChI=1S/C20H35N3O2S/c1-15-9-10-16(17(13-15)25-19(2,3)4)14-23-18(21-8)22-11-12-26(24)20(5,6)7/h9-10,13H,11-12,14H2,1-8H3,(H2,21,22,23). The zero-order valence-electron chi connectivity index (χ0n) is 17.5. The highest BCUT2D eigenvalue weighted by Gasteiger charge is 2.19. The van der Waals surface area contributed by atoms with Gasteiger partial charge in [-0.2, -0.15) is 0 Å². The summed E-state index contributed by atoms with van der Waals surface area (Å²) in [5.74, 6) is 2.17. The molecule has 1 aromatic rings. The summed E-state index contributed by atoms with van der Waals surface area (Å²) in [6.45, 7) is 15.4. The summed E-state index contributed by atoms with van der Waals surface area (Å²) in [6.07, 6.45) is 0. The highest BCUT2D eigenvalue weighted by atomic mass is 32.2. The van der Waals surface area contributed by atoms with Crippen LogP contribution in [0.25, 0.3) is 0 Å². The summed E-state index contributed by atoms with van der Waals surface area (Å²) in [7, 11) is 0.855. The van der Waals surface area contributed by atoms with Crippen LogP contribution in [-0.4, -0.2) is 39.9 Å². The lowest BCUT2D eigenvalue weighted by molar-refractivity contribution is 0.129. The molecule has 1 rings (SSSR count). The number of hydrogen-bond donors (Lipinski definition) is 2. The molecule has 26 heavy (non-hydrogen) atoms. The smallest absolute Gasteiger partial charge is 0.191 e. The third kappa shape index (κ3) is 8.21. The van der Waals surface area contributed by atoms with Crippen LogP contribution >= 0.6 is 0 Å². The second kappa shape index (κ2) is 9.40. The first-order valence-corrected chi connectivity index (χ1v) is 10.4. The van der Waals surface area contributed by atoms with Crippen molar-refractivity contribution in [1.82, 2.24) is 10.6 Å². The number of benzene rings is 1. The first kappa shape index (κ1) is 22.5. The molecule has 0 fully saturated rings. The Morgan fingerprint density at radius 2 is 1.81 bits per heavy atom. The fourth-order valence-electron chi connectivity index (χ4n) is 2.20. The molecule has 0 heterocycles. The molecule has 0 spiro atoms. The average molecular weight is 382 g/mol. The van der Waals surface area contributed by atoms with Crippen molar-refractivity contribution in [2.75, 3.05) is 19.3 Å². The average Bonchev–Trinajstić information content (AvgIpc) is 2.49. The van der Waals surface area contributed by atoms with E-state index in [9.17, 15) is 4.21 Å². The van der Waals surface area contributed by atoms with Gasteiger partial charge in [-0.25, -0.2) is 0 Å². The van der Waals surface area contributed by atoms with E-state index in [0.29, 0.717) is 24.8 Å². The SMILES string of the molecule is CN=C(NCCS(=O)C(C)(C)C)NCc1ccc(C)cc1OC(C)(C)C. The van der Waals surface area contributed by atoms with Crippen molar-refractivity contribution in [1.29, 1.82) is 0 Å². The first-order valence-electron chi connectivity index (χ1n) is 9.04. The molecule has 0 saturated carbocycles. The van der Waals surface area contributed by atoms with E-state index in [-0.39, 0.29) is 10.3 Å². The van der Waals surface area contributed by atoms with E-state index >= 15 is 0 Å². The van der Waals surface area contributed by atoms with Crippen molar-refractivity contribution in [2.24, 2.45) is 4.99 Å². The Labute approximate surface area is 161 Å². The van der Waals surface area contributed by atoms with Gasteiger partial charge in [0.1, 0.15) is 11.4 Å². The number of hydrogen-bond acceptors (Lipinski definition) is 3. The minimum Gasteiger partial charge on any atom is -0.488 e. The Morgan fingerprint density at radius 3 is 2.35 bits per heavy atom. The lowest BCUT2D eigenvalue weighted by Crippen LogP contribution is -2.40. The molecule has 1 atom stereocenters. The highest BCUT2D eigenvalue weighted by Crippen LogP contribution is 2.24. The van der Waals surface area contributed by atoms with Gasteiger partial charge in [0.25, 0.3) is 0 Å². The number of aliphatic imine (C=N–C) groups is 1. The minimum atomic E-state index is -0.879. The number of aryl methyl sites for hydroxylation is 1. The molecule has 0 aliphatic rings. The van der Waals surface area contributed by atoms with Crippen LogP contribution in [0.15, 0.2) is 23.2 Å². The number of guanidine groups is 1. The summed E-state index contributed by atoms with van der Waals surface area (Å²) in [4.78, 5) is 4.24. The Hall–Kier alpha value is -1.56. The molecular weight excluding hydrogens is 346 g/mol. The molecule has 0 bridgehead atoms. The van der Waals surface area contributed by atoms with E-state index in [1.807, 2.05) is 41.5 Å². The Bertz CT molecular complexity index is 643. The van der Waals surface area contributed by atoms with Crippen LogP contribution in [0.3, 0.4) is 0 Å². The van der Waals surface area contributed by atoms with Crippen LogP contribution in [0.5, 0.6) is 5.75 Å². The molecule has 2 N–H and O–H groups in total. The minimum absolute atomic E-state index is 0.195. The zero-order valence-corrected chi connectivity index (χ0v) is 18.3. The van der Waals surface area contributed by atoms with Gasteiger partial charge in [-0.3, -0.25) is 9.20 Å². The normalized spacial score (nSPS) is 14.1. The third-order valence-electron chi connectivity index (χ3n) is 3.57. The Balaban J connectivity index is 2.65. The van der Waals surface area contributed by atoms with Gasteiger partial charge in [0, 0.05) is 47.0 Å². The van der Waals surface area contributed by atoms with Crippen molar-refractivity contribution in [2.45, 2.75) is 65.4 Å². The highest BCUT2D eigenvalue weighted by molar-refractivity contribution is 7.86. The van der Waals surface area contributed by atoms with Crippen LogP contribution in [0.4, 0.5) is 0 Å². The van der Waals surface area contributed by atoms with Crippen LogP contribution in [0, 0.1) is 6.92 Å². The van der Waals surface area contributed by atoms with Gasteiger partial charge in [-0.1, -0.05) is 12.1 Å². The van der Waals surface area contributed by atoms with Gasteiger partial charge >= 0.3 is 0 Å². The summed E-state index contributed by atoms with van der Waals surface area (Å²) in [5, 5.41) is 6.53. The van der Waals surface area contributed by atoms with E-state index in [4.69, 9.17) is 4.74 Å². The molecule has 0 aliphatic carbocycles. The predicted octanol–water partition coefficient (Wildman–Crippen LogP) is 3.38. The van der Waals surface area contributed by atoms with E-state index in [1.165, 1.54) is 5.56 Å². The van der Waals surface area contributed by atoms with Gasteiger partial charge < -0.3 is 15.4 Å². The monoisotopic (exact) mass is 381 g/mol. The van der Waals surface area contributed by atoms with Gasteiger partial charge in [-0.15, -0.1) is 0 Å². The van der Waals surface area contributed by atoms with Crippen LogP contribution in [-0.2, 0) is 17.3 Å². The van der Waals surface area contributed by atoms with Crippen molar-refractivity contribution in [3.05, 3.63) is 29.3 Å². The van der Waals surface area contributed by atoms with E-state index in [0.717, 1.165) is 11.3 Å². The van der Waals surface area contributed by atoms with Gasteiger partial charge in [-0.05, 0) is 60.1 Å². The molecule has 0 saturated heterocycles. The number of ether oxygens (including phenoxy) is 1. The lowest BCUT2D eigenvalue weighted by Gasteiger charge is -2.24. The number of nitrogens with zero attached hydrogens (tertiary/aromatic N) is 1. The Kier molecular flexibility index (Phi) is 8.13. The second-order valence-electron chi connectivity index (χ2n) is 8.34. The van der Waals surface area contributed by atoms with E-state index in [1.54, 1.807) is 7.05 Å². The summed E-state index contributed by atoms with van der Waals surface area (Å²) >= 11 is 0. The molecule has 5 nitrogen and oxygen atoms in total. The molecule has 0 radical (unpaired) electrons. The van der Waals surface area contributed by atoms with Gasteiger partial charge in [0.05, 0.1) is 0 Å². The van der Waals surface area contributed by atoms with Crippen molar-refractivity contribution in [3.63, 3.8) is 0 Å². The molecule has 148 valence electrons. The topological polar surface area (TPSA) is 62.7 Å². The fourth-order valence-corrected chi connectivity index (χ4v) is 3.10. The van der Waals surface area contributed by atoms with Crippen molar-refractivity contribution < 1.29 is 8.95 Å². The quantitative estimate of drug-likeness (QED) is 0.586. The fraction of sp³-hybridized carbons (Fsp3) is 0.650. The summed E-state index contributed by atoms with van der Waals surface area (Å²) in [5.41, 5.74) is 1.99. The maximum Gasteiger partial charge on any atom is 0.191 e. The van der Waals surface area contributed by atoms with Crippen LogP contribution < -0.4 is 15.4 Å². The summed E-state index contributed by atoms with van der Waals surface area (Å²) in [6, 6.07) is 6.21. The number of rotatable bonds is 6. The molecule has 1 aromatic carbocycles. The van der Waals surface area contributed by atoms with E-state index < -0.39 is 10.8 Å². The Morgan fingerprint density at radius 1 is 1.15 bits per heavy atom. The first-order chi connectivity index (χ1) is 11.9. The maximum atomic E-state index is 12.1. The largest absolute Gasteiger partial charge is 0.488 e. The maximum absolute atomic E-state index is 12.1. The van der Waals surface area contributed by atoms with Gasteiger partial charge in [0.2, 0.25) is 0 Å². The molecule has 0 aliphatic heterocycles. The van der Waals surface area contributed by atoms with Gasteiger partial charge in [0.15, 0.2) is 5.96 Å².